The maximum atomic E-state index is 13.2. The van der Waals surface area contributed by atoms with Crippen molar-refractivity contribution in [2.45, 2.75) is 57.5 Å². The van der Waals surface area contributed by atoms with Crippen LogP contribution in [0.3, 0.4) is 0 Å². The molecule has 3 aromatic rings. The molecule has 41 heavy (non-hydrogen) atoms. The molecule has 1 unspecified atom stereocenters. The van der Waals surface area contributed by atoms with Crippen molar-refractivity contribution < 1.29 is 17.9 Å². The van der Waals surface area contributed by atoms with Crippen LogP contribution in [0.15, 0.2) is 42.7 Å². The molecule has 220 valence electrons. The molecule has 11 heteroatoms. The first-order valence-corrected chi connectivity index (χ1v) is 16.5. The van der Waals surface area contributed by atoms with Gasteiger partial charge in [-0.05, 0) is 70.2 Å². The first-order valence-electron chi connectivity index (χ1n) is 14.7. The lowest BCUT2D eigenvalue weighted by molar-refractivity contribution is -0.138. The third-order valence-electron chi connectivity index (χ3n) is 8.67. The Bertz CT molecular complexity index is 1510. The molecule has 1 amide bonds. The van der Waals surface area contributed by atoms with Crippen molar-refractivity contribution in [2.24, 2.45) is 11.8 Å². The molecule has 1 aromatic carbocycles. The predicted octanol–water partition coefficient (Wildman–Crippen LogP) is 3.42. The summed E-state index contributed by atoms with van der Waals surface area (Å²) in [5.41, 5.74) is 0.927. The highest BCUT2D eigenvalue weighted by Gasteiger charge is 2.34. The summed E-state index contributed by atoms with van der Waals surface area (Å²) in [7, 11) is -2.93. The molecule has 6 rings (SSSR count). The van der Waals surface area contributed by atoms with Crippen LogP contribution in [-0.2, 0) is 14.6 Å². The molecule has 3 fully saturated rings. The molecule has 2 saturated heterocycles. The van der Waals surface area contributed by atoms with Gasteiger partial charge in [0, 0.05) is 60.8 Å². The van der Waals surface area contributed by atoms with Crippen molar-refractivity contribution in [2.75, 3.05) is 43.1 Å². The molecule has 1 atom stereocenters. The number of fused-ring (bicyclic) bond motifs is 1. The zero-order valence-electron chi connectivity index (χ0n) is 23.9. The molecule has 2 N–H and O–H groups in total. The Kier molecular flexibility index (Phi) is 7.67. The van der Waals surface area contributed by atoms with Gasteiger partial charge in [-0.15, -0.1) is 0 Å². The number of aromatic nitrogens is 3. The molecular formula is C30H40N6O4S. The number of rotatable bonds is 7. The summed E-state index contributed by atoms with van der Waals surface area (Å²) in [5, 5.41) is 7.95. The van der Waals surface area contributed by atoms with E-state index in [0.29, 0.717) is 24.9 Å². The number of sulfone groups is 1. The minimum atomic E-state index is -2.93. The Labute approximate surface area is 241 Å². The van der Waals surface area contributed by atoms with Gasteiger partial charge >= 0.3 is 0 Å². The number of anilines is 1. The summed E-state index contributed by atoms with van der Waals surface area (Å²) in [5.74, 6) is 2.96. The maximum absolute atomic E-state index is 13.2. The number of nitrogens with one attached hydrogen (secondary N) is 2. The van der Waals surface area contributed by atoms with Crippen LogP contribution in [0, 0.1) is 11.8 Å². The highest BCUT2D eigenvalue weighted by atomic mass is 32.2. The second-order valence-electron chi connectivity index (χ2n) is 12.5. The van der Waals surface area contributed by atoms with E-state index in [9.17, 15) is 13.2 Å². The summed E-state index contributed by atoms with van der Waals surface area (Å²) >= 11 is 0. The van der Waals surface area contributed by atoms with Crippen LogP contribution in [-0.4, -0.2) is 83.1 Å². The molecule has 3 aliphatic rings. The smallest absolute Gasteiger partial charge is 0.225 e. The predicted molar refractivity (Wildman–Crippen MR) is 159 cm³/mol. The van der Waals surface area contributed by atoms with Crippen LogP contribution < -0.4 is 15.4 Å². The van der Waals surface area contributed by atoms with Gasteiger partial charge in [0.05, 0.1) is 23.6 Å². The zero-order valence-corrected chi connectivity index (χ0v) is 24.7. The molecule has 1 aliphatic carbocycles. The fraction of sp³-hybridized carbons (Fsp3) is 0.567. The van der Waals surface area contributed by atoms with Crippen LogP contribution in [0.2, 0.25) is 0 Å². The molecule has 1 saturated carbocycles. The van der Waals surface area contributed by atoms with Gasteiger partial charge in [-0.3, -0.25) is 4.79 Å². The molecule has 2 aliphatic heterocycles. The normalized spacial score (nSPS) is 25.7. The van der Waals surface area contributed by atoms with Crippen molar-refractivity contribution in [1.29, 1.82) is 0 Å². The van der Waals surface area contributed by atoms with E-state index in [2.05, 4.69) is 29.5 Å². The van der Waals surface area contributed by atoms with Gasteiger partial charge in [-0.2, -0.15) is 4.98 Å². The van der Waals surface area contributed by atoms with Crippen molar-refractivity contribution in [3.05, 3.63) is 42.7 Å². The van der Waals surface area contributed by atoms with Crippen LogP contribution in [0.4, 0.5) is 5.95 Å². The fourth-order valence-corrected chi connectivity index (χ4v) is 8.32. The van der Waals surface area contributed by atoms with Gasteiger partial charge in [0.2, 0.25) is 11.9 Å². The summed E-state index contributed by atoms with van der Waals surface area (Å²) in [6.07, 6.45) is 7.96. The minimum absolute atomic E-state index is 0.0322. The Morgan fingerprint density at radius 1 is 1.15 bits per heavy atom. The highest BCUT2D eigenvalue weighted by molar-refractivity contribution is 7.91. The Morgan fingerprint density at radius 3 is 2.73 bits per heavy atom. The van der Waals surface area contributed by atoms with Crippen LogP contribution in [0.5, 0.6) is 5.75 Å². The van der Waals surface area contributed by atoms with Gasteiger partial charge in [0.25, 0.3) is 0 Å². The number of amides is 1. The third-order valence-corrected chi connectivity index (χ3v) is 10.5. The lowest BCUT2D eigenvalue weighted by atomic mass is 9.84. The van der Waals surface area contributed by atoms with E-state index < -0.39 is 9.84 Å². The summed E-state index contributed by atoms with van der Waals surface area (Å²) < 4.78 is 31.7. The summed E-state index contributed by atoms with van der Waals surface area (Å²) in [6, 6.07) is 10.0. The lowest BCUT2D eigenvalue weighted by Crippen LogP contribution is -2.59. The number of piperazine rings is 1. The average Bonchev–Trinajstić information content (AvgIpc) is 3.54. The third kappa shape index (κ3) is 6.35. The van der Waals surface area contributed by atoms with E-state index in [4.69, 9.17) is 9.72 Å². The zero-order chi connectivity index (χ0) is 28.6. The second-order valence-corrected chi connectivity index (χ2v) is 14.7. The Hall–Kier alpha value is -3.18. The first-order chi connectivity index (χ1) is 19.7. The van der Waals surface area contributed by atoms with Gasteiger partial charge in [-0.25, -0.2) is 13.4 Å². The molecule has 4 heterocycles. The number of hydrogen-bond donors (Lipinski definition) is 2. The van der Waals surface area contributed by atoms with Crippen LogP contribution >= 0.6 is 0 Å². The van der Waals surface area contributed by atoms with Crippen molar-refractivity contribution in [1.82, 2.24) is 24.8 Å². The number of carbonyl (C=O) groups is 1. The van der Waals surface area contributed by atoms with E-state index in [1.807, 2.05) is 46.0 Å². The van der Waals surface area contributed by atoms with Crippen molar-refractivity contribution in [3.8, 4) is 11.6 Å². The number of carbonyl (C=O) groups excluding carboxylic acids is 1. The van der Waals surface area contributed by atoms with E-state index in [-0.39, 0.29) is 34.9 Å². The van der Waals surface area contributed by atoms with Crippen molar-refractivity contribution in [3.63, 3.8) is 0 Å². The topological polar surface area (TPSA) is 118 Å². The second kappa shape index (κ2) is 11.2. The summed E-state index contributed by atoms with van der Waals surface area (Å²) in [4.78, 5) is 24.5. The quantitative estimate of drug-likeness (QED) is 0.437. The molecule has 0 bridgehead atoms. The Morgan fingerprint density at radius 2 is 1.98 bits per heavy atom. The standard InChI is InChI=1S/C30H40N6O4S/c1-30(2)20-35(16-14-32-30)28(37)22-6-8-23(9-7-22)33-29-31-13-10-27(34-29)36-15-11-24-25(36)4-3-5-26(24)40-18-21-12-17-41(38,39)19-21/h3-5,10-11,13,15,21-23,32H,6-9,12,14,16-20H2,1-2H3,(H,31,33,34)/t21?,22-,23-. The number of nitrogens with zero attached hydrogens (tertiary/aromatic N) is 4. The molecular weight excluding hydrogens is 540 g/mol. The fourth-order valence-electron chi connectivity index (χ4n) is 6.48. The largest absolute Gasteiger partial charge is 0.493 e. The van der Waals surface area contributed by atoms with Gasteiger partial charge in [0.1, 0.15) is 11.6 Å². The highest BCUT2D eigenvalue weighted by Crippen LogP contribution is 2.31. The average molecular weight is 581 g/mol. The molecule has 10 nitrogen and oxygen atoms in total. The monoisotopic (exact) mass is 580 g/mol. The van der Waals surface area contributed by atoms with Crippen LogP contribution in [0.1, 0.15) is 46.0 Å². The Balaban J connectivity index is 1.08. The van der Waals surface area contributed by atoms with Crippen molar-refractivity contribution >= 4 is 32.6 Å². The van der Waals surface area contributed by atoms with Gasteiger partial charge in [-0.1, -0.05) is 6.07 Å². The lowest BCUT2D eigenvalue weighted by Gasteiger charge is -2.41. The van der Waals surface area contributed by atoms with Gasteiger partial charge in [0.15, 0.2) is 9.84 Å². The first kappa shape index (κ1) is 28.0. The van der Waals surface area contributed by atoms with E-state index >= 15 is 0 Å². The van der Waals surface area contributed by atoms with E-state index in [1.54, 1.807) is 6.20 Å². The summed E-state index contributed by atoms with van der Waals surface area (Å²) in [6.45, 7) is 7.09. The van der Waals surface area contributed by atoms with Crippen LogP contribution in [0.25, 0.3) is 16.7 Å². The van der Waals surface area contributed by atoms with E-state index in [1.165, 1.54) is 0 Å². The number of ether oxygens (including phenoxy) is 1. The SMILES string of the molecule is CC1(C)CN(C(=O)[C@H]2CC[C@H](Nc3nccc(-n4ccc5c(OCC6CCS(=O)(=O)C6)cccc54)n3)CC2)CCN1. The molecule has 2 aromatic heterocycles. The maximum Gasteiger partial charge on any atom is 0.225 e. The molecule has 0 radical (unpaired) electrons. The van der Waals surface area contributed by atoms with Gasteiger partial charge < -0.3 is 24.8 Å². The minimum Gasteiger partial charge on any atom is -0.493 e. The molecule has 0 spiro atoms. The van der Waals surface area contributed by atoms with E-state index in [0.717, 1.165) is 67.8 Å². The number of benzene rings is 1. The number of hydrogen-bond acceptors (Lipinski definition) is 8.